The van der Waals surface area contributed by atoms with Crippen LogP contribution >= 0.6 is 0 Å². The Labute approximate surface area is 174 Å². The van der Waals surface area contributed by atoms with E-state index >= 15 is 0 Å². The highest BCUT2D eigenvalue weighted by molar-refractivity contribution is 7.88. The molecule has 2 heterocycles. The Morgan fingerprint density at radius 2 is 1.93 bits per heavy atom. The molecule has 0 aromatic heterocycles. The third-order valence-electron chi connectivity index (χ3n) is 6.78. The lowest BCUT2D eigenvalue weighted by molar-refractivity contribution is -0.145. The zero-order chi connectivity index (χ0) is 20.6. The fraction of sp³-hybridized carbons (Fsp3) is 0.682. The van der Waals surface area contributed by atoms with Gasteiger partial charge in [0.05, 0.1) is 11.4 Å². The largest absolute Gasteiger partial charge is 0.362 e. The van der Waals surface area contributed by atoms with Gasteiger partial charge in [-0.3, -0.25) is 4.79 Å². The number of hydrogen-bond donors (Lipinski definition) is 1. The summed E-state index contributed by atoms with van der Waals surface area (Å²) in [7, 11) is -3.37. The minimum atomic E-state index is -3.37. The van der Waals surface area contributed by atoms with Crippen LogP contribution in [0.5, 0.6) is 0 Å². The third kappa shape index (κ3) is 4.67. The van der Waals surface area contributed by atoms with Crippen molar-refractivity contribution in [3.63, 3.8) is 0 Å². The molecule has 6 nitrogen and oxygen atoms in total. The number of carbonyl (C=O) groups excluding carboxylic acids is 1. The second-order valence-electron chi connectivity index (χ2n) is 9.15. The molecule has 1 aromatic rings. The first-order valence-electron chi connectivity index (χ1n) is 10.8. The van der Waals surface area contributed by atoms with E-state index in [1.54, 1.807) is 4.31 Å². The highest BCUT2D eigenvalue weighted by atomic mass is 32.2. The number of aryl methyl sites for hydroxylation is 1. The van der Waals surface area contributed by atoms with Crippen molar-refractivity contribution in [2.45, 2.75) is 63.4 Å². The number of benzene rings is 1. The summed E-state index contributed by atoms with van der Waals surface area (Å²) in [6.45, 7) is 5.70. The highest BCUT2D eigenvalue weighted by Crippen LogP contribution is 2.43. The molecule has 4 rings (SSSR count). The van der Waals surface area contributed by atoms with Gasteiger partial charge in [0.25, 0.3) is 0 Å². The maximum atomic E-state index is 12.9. The molecule has 1 aromatic carbocycles. The van der Waals surface area contributed by atoms with Gasteiger partial charge in [-0.1, -0.05) is 36.8 Å². The fourth-order valence-corrected chi connectivity index (χ4v) is 6.17. The van der Waals surface area contributed by atoms with E-state index in [0.717, 1.165) is 30.5 Å². The average Bonchev–Trinajstić information content (AvgIpc) is 3.42. The number of hydrogen-bond acceptors (Lipinski definition) is 4. The van der Waals surface area contributed by atoms with Crippen molar-refractivity contribution >= 4 is 15.9 Å². The summed E-state index contributed by atoms with van der Waals surface area (Å²) in [5.41, 5.74) is 1.55. The van der Waals surface area contributed by atoms with Gasteiger partial charge in [-0.15, -0.1) is 0 Å². The summed E-state index contributed by atoms with van der Waals surface area (Å²) in [6.07, 6.45) is 4.21. The fourth-order valence-electron chi connectivity index (χ4n) is 4.55. The van der Waals surface area contributed by atoms with Crippen LogP contribution in [0.4, 0.5) is 0 Å². The molecule has 1 N–H and O–H groups in total. The van der Waals surface area contributed by atoms with Gasteiger partial charge in [0.15, 0.2) is 0 Å². The number of piperidine rings is 1. The molecule has 1 amide bonds. The van der Waals surface area contributed by atoms with Crippen LogP contribution in [-0.4, -0.2) is 50.0 Å². The van der Waals surface area contributed by atoms with E-state index in [1.807, 2.05) is 31.2 Å². The van der Waals surface area contributed by atoms with Crippen molar-refractivity contribution < 1.29 is 17.9 Å². The van der Waals surface area contributed by atoms with Gasteiger partial charge >= 0.3 is 0 Å². The number of rotatable bonds is 6. The number of nitrogens with zero attached hydrogens (tertiary/aromatic N) is 1. The van der Waals surface area contributed by atoms with Gasteiger partial charge < -0.3 is 10.1 Å². The second kappa shape index (κ2) is 8.00. The number of nitrogens with one attached hydrogen (secondary N) is 1. The molecule has 2 saturated heterocycles. The quantitative estimate of drug-likeness (QED) is 0.768. The molecular weight excluding hydrogens is 388 g/mol. The predicted octanol–water partition coefficient (Wildman–Crippen LogP) is 2.61. The molecule has 2 aliphatic heterocycles. The molecule has 3 unspecified atom stereocenters. The smallest absolute Gasteiger partial charge is 0.249 e. The molecule has 3 fully saturated rings. The monoisotopic (exact) mass is 420 g/mol. The SMILES string of the molecule is Cc1ccc(CS(=O)(=O)N2CCC3(CCC(C(=O)NCC4CC4)O3)C(C)C2)cc1. The molecule has 3 aliphatic rings. The molecule has 0 bridgehead atoms. The third-order valence-corrected chi connectivity index (χ3v) is 8.60. The minimum Gasteiger partial charge on any atom is -0.362 e. The molecule has 3 atom stereocenters. The van der Waals surface area contributed by atoms with Gasteiger partial charge in [0.2, 0.25) is 15.9 Å². The lowest BCUT2D eigenvalue weighted by Gasteiger charge is -2.43. The summed E-state index contributed by atoms with van der Waals surface area (Å²) in [4.78, 5) is 12.4. The maximum absolute atomic E-state index is 12.9. The van der Waals surface area contributed by atoms with Crippen molar-refractivity contribution in [2.75, 3.05) is 19.6 Å². The molecule has 1 aliphatic carbocycles. The first kappa shape index (κ1) is 20.8. The Kier molecular flexibility index (Phi) is 5.75. The number of sulfonamides is 1. The van der Waals surface area contributed by atoms with E-state index in [0.29, 0.717) is 25.4 Å². The van der Waals surface area contributed by atoms with Crippen LogP contribution < -0.4 is 5.32 Å². The summed E-state index contributed by atoms with van der Waals surface area (Å²) < 4.78 is 33.8. The lowest BCUT2D eigenvalue weighted by Crippen LogP contribution is -2.53. The van der Waals surface area contributed by atoms with Crippen LogP contribution in [-0.2, 0) is 25.3 Å². The first-order valence-corrected chi connectivity index (χ1v) is 12.4. The Balaban J connectivity index is 1.35. The van der Waals surface area contributed by atoms with Crippen molar-refractivity contribution in [2.24, 2.45) is 11.8 Å². The van der Waals surface area contributed by atoms with E-state index < -0.39 is 16.1 Å². The molecule has 1 saturated carbocycles. The topological polar surface area (TPSA) is 75.7 Å². The number of carbonyl (C=O) groups is 1. The molecule has 0 radical (unpaired) electrons. The zero-order valence-electron chi connectivity index (χ0n) is 17.4. The van der Waals surface area contributed by atoms with E-state index in [-0.39, 0.29) is 23.2 Å². The van der Waals surface area contributed by atoms with Crippen LogP contribution in [0.3, 0.4) is 0 Å². The van der Waals surface area contributed by atoms with Crippen LogP contribution in [0.2, 0.25) is 0 Å². The Morgan fingerprint density at radius 1 is 1.21 bits per heavy atom. The van der Waals surface area contributed by atoms with Crippen molar-refractivity contribution in [1.82, 2.24) is 9.62 Å². The van der Waals surface area contributed by atoms with Gasteiger partial charge in [0.1, 0.15) is 6.10 Å². The lowest BCUT2D eigenvalue weighted by atomic mass is 9.81. The predicted molar refractivity (Wildman–Crippen MR) is 112 cm³/mol. The van der Waals surface area contributed by atoms with Crippen LogP contribution in [0.15, 0.2) is 24.3 Å². The molecule has 160 valence electrons. The van der Waals surface area contributed by atoms with Crippen molar-refractivity contribution in [3.05, 3.63) is 35.4 Å². The first-order chi connectivity index (χ1) is 13.8. The van der Waals surface area contributed by atoms with Gasteiger partial charge in [-0.25, -0.2) is 12.7 Å². The van der Waals surface area contributed by atoms with E-state index in [1.165, 1.54) is 12.8 Å². The Morgan fingerprint density at radius 3 is 2.59 bits per heavy atom. The van der Waals surface area contributed by atoms with Gasteiger partial charge in [0, 0.05) is 19.6 Å². The van der Waals surface area contributed by atoms with Gasteiger partial charge in [-0.05, 0) is 56.4 Å². The van der Waals surface area contributed by atoms with Crippen LogP contribution in [0, 0.1) is 18.8 Å². The van der Waals surface area contributed by atoms with E-state index in [2.05, 4.69) is 12.2 Å². The normalized spacial score (nSPS) is 30.6. The Bertz CT molecular complexity index is 850. The van der Waals surface area contributed by atoms with Crippen molar-refractivity contribution in [1.29, 1.82) is 0 Å². The van der Waals surface area contributed by atoms with Crippen LogP contribution in [0.25, 0.3) is 0 Å². The van der Waals surface area contributed by atoms with E-state index in [9.17, 15) is 13.2 Å². The Hall–Kier alpha value is -1.44. The average molecular weight is 421 g/mol. The summed E-state index contributed by atoms with van der Waals surface area (Å²) in [6, 6.07) is 7.65. The van der Waals surface area contributed by atoms with E-state index in [4.69, 9.17) is 4.74 Å². The molecule has 7 heteroatoms. The van der Waals surface area contributed by atoms with Crippen molar-refractivity contribution in [3.8, 4) is 0 Å². The zero-order valence-corrected chi connectivity index (χ0v) is 18.2. The summed E-state index contributed by atoms with van der Waals surface area (Å²) >= 11 is 0. The second-order valence-corrected chi connectivity index (χ2v) is 11.1. The standard InChI is InChI=1S/C22H32N2O4S/c1-16-3-5-19(6-4-16)15-29(26,27)24-12-11-22(17(2)14-24)10-9-20(28-22)21(25)23-13-18-7-8-18/h3-6,17-18,20H,7-15H2,1-2H3,(H,23,25). The van der Waals surface area contributed by atoms with Gasteiger partial charge in [-0.2, -0.15) is 0 Å². The molecule has 1 spiro atoms. The van der Waals surface area contributed by atoms with Crippen LogP contribution in [0.1, 0.15) is 50.2 Å². The number of ether oxygens (including phenoxy) is 1. The summed E-state index contributed by atoms with van der Waals surface area (Å²) in [5, 5.41) is 3.02. The highest BCUT2D eigenvalue weighted by Gasteiger charge is 2.50. The maximum Gasteiger partial charge on any atom is 0.249 e. The minimum absolute atomic E-state index is 0.00426. The summed E-state index contributed by atoms with van der Waals surface area (Å²) in [5.74, 6) is 0.732. The number of amides is 1. The molecule has 29 heavy (non-hydrogen) atoms. The molecular formula is C22H32N2O4S.